The zero-order chi connectivity index (χ0) is 14.8. The van der Waals surface area contributed by atoms with Gasteiger partial charge in [0.15, 0.2) is 11.5 Å². The Kier molecular flexibility index (Phi) is 4.03. The fraction of sp³-hybridized carbons (Fsp3) is 0.250. The van der Waals surface area contributed by atoms with Crippen molar-refractivity contribution in [2.24, 2.45) is 5.73 Å². The van der Waals surface area contributed by atoms with Gasteiger partial charge in [0.1, 0.15) is 19.0 Å². The lowest BCUT2D eigenvalue weighted by molar-refractivity contribution is 0.171. The summed E-state index contributed by atoms with van der Waals surface area (Å²) in [6.07, 6.45) is 0. The van der Waals surface area contributed by atoms with Crippen molar-refractivity contribution in [3.05, 3.63) is 47.8 Å². The van der Waals surface area contributed by atoms with Crippen LogP contribution in [-0.2, 0) is 0 Å². The Hall–Kier alpha value is -1.72. The summed E-state index contributed by atoms with van der Waals surface area (Å²) in [6.45, 7) is 2.94. The number of benzene rings is 2. The minimum Gasteiger partial charge on any atom is -0.486 e. The first-order valence-corrected chi connectivity index (χ1v) is 7.57. The third-order valence-corrected chi connectivity index (χ3v) is 4.26. The highest BCUT2D eigenvalue weighted by molar-refractivity contribution is 7.99. The molecule has 110 valence electrons. The van der Waals surface area contributed by atoms with Gasteiger partial charge in [-0.15, -0.1) is 0 Å². The van der Waals surface area contributed by atoms with Gasteiger partial charge in [-0.3, -0.25) is 0 Å². The Morgan fingerprint density at radius 2 is 1.86 bits per heavy atom. The van der Waals surface area contributed by atoms with Crippen LogP contribution in [0.25, 0.3) is 0 Å². The van der Waals surface area contributed by atoms with Crippen LogP contribution in [0.15, 0.2) is 46.2 Å². The maximum absolute atomic E-state index is 14.1. The molecule has 3 nitrogen and oxygen atoms in total. The first-order valence-electron chi connectivity index (χ1n) is 6.76. The van der Waals surface area contributed by atoms with Crippen molar-refractivity contribution in [3.63, 3.8) is 0 Å². The van der Waals surface area contributed by atoms with Crippen LogP contribution in [0.2, 0.25) is 0 Å². The Balaban J connectivity index is 1.83. The van der Waals surface area contributed by atoms with Gasteiger partial charge in [-0.05, 0) is 42.8 Å². The molecule has 5 heteroatoms. The van der Waals surface area contributed by atoms with Crippen LogP contribution in [0.3, 0.4) is 0 Å². The summed E-state index contributed by atoms with van der Waals surface area (Å²) in [4.78, 5) is 1.47. The van der Waals surface area contributed by atoms with Crippen molar-refractivity contribution < 1.29 is 13.9 Å². The van der Waals surface area contributed by atoms with Gasteiger partial charge in [-0.25, -0.2) is 4.39 Å². The number of fused-ring (bicyclic) bond motifs is 1. The molecule has 2 aromatic rings. The standard InChI is InChI=1S/C16H16FNO2S/c1-10(18)11-2-5-16(13(17)8-11)21-12-3-4-14-15(9-12)20-7-6-19-14/h2-5,8-10H,6-7,18H2,1H3. The van der Waals surface area contributed by atoms with E-state index in [1.807, 2.05) is 31.2 Å². The molecule has 3 rings (SSSR count). The maximum Gasteiger partial charge on any atom is 0.162 e. The topological polar surface area (TPSA) is 44.5 Å². The monoisotopic (exact) mass is 305 g/mol. The molecule has 1 aliphatic heterocycles. The van der Waals surface area contributed by atoms with Crippen LogP contribution in [-0.4, -0.2) is 13.2 Å². The summed E-state index contributed by atoms with van der Waals surface area (Å²) >= 11 is 1.36. The average molecular weight is 305 g/mol. The third kappa shape index (κ3) is 3.14. The molecule has 0 aromatic heterocycles. The van der Waals surface area contributed by atoms with E-state index in [4.69, 9.17) is 15.2 Å². The molecule has 0 aliphatic carbocycles. The first kappa shape index (κ1) is 14.2. The normalized spacial score (nSPS) is 14.8. The van der Waals surface area contributed by atoms with Crippen LogP contribution in [0.4, 0.5) is 4.39 Å². The van der Waals surface area contributed by atoms with Gasteiger partial charge in [0.05, 0.1) is 0 Å². The third-order valence-electron chi connectivity index (χ3n) is 3.22. The number of ether oxygens (including phenoxy) is 2. The van der Waals surface area contributed by atoms with Gasteiger partial charge < -0.3 is 15.2 Å². The highest BCUT2D eigenvalue weighted by Crippen LogP contribution is 2.37. The van der Waals surface area contributed by atoms with E-state index in [1.54, 1.807) is 6.07 Å². The first-order chi connectivity index (χ1) is 10.1. The van der Waals surface area contributed by atoms with Gasteiger partial charge in [-0.1, -0.05) is 17.8 Å². The molecular weight excluding hydrogens is 289 g/mol. The molecular formula is C16H16FNO2S. The van der Waals surface area contributed by atoms with Crippen LogP contribution in [0.1, 0.15) is 18.5 Å². The van der Waals surface area contributed by atoms with Gasteiger partial charge in [0.25, 0.3) is 0 Å². The predicted octanol–water partition coefficient (Wildman–Crippen LogP) is 3.77. The van der Waals surface area contributed by atoms with E-state index in [0.717, 1.165) is 16.2 Å². The molecule has 2 aromatic carbocycles. The molecule has 0 bridgehead atoms. The van der Waals surface area contributed by atoms with Crippen LogP contribution >= 0.6 is 11.8 Å². The number of hydrogen-bond donors (Lipinski definition) is 1. The van der Waals surface area contributed by atoms with Gasteiger partial charge >= 0.3 is 0 Å². The number of nitrogens with two attached hydrogens (primary N) is 1. The second-order valence-corrected chi connectivity index (χ2v) is 6.00. The van der Waals surface area contributed by atoms with E-state index < -0.39 is 0 Å². The summed E-state index contributed by atoms with van der Waals surface area (Å²) in [5.74, 6) is 1.18. The van der Waals surface area contributed by atoms with E-state index in [2.05, 4.69) is 0 Å². The number of halogens is 1. The highest BCUT2D eigenvalue weighted by Gasteiger charge is 2.13. The van der Waals surface area contributed by atoms with Crippen molar-refractivity contribution in [3.8, 4) is 11.5 Å². The molecule has 21 heavy (non-hydrogen) atoms. The van der Waals surface area contributed by atoms with Gasteiger partial charge in [0.2, 0.25) is 0 Å². The maximum atomic E-state index is 14.1. The fourth-order valence-corrected chi connectivity index (χ4v) is 2.95. The van der Waals surface area contributed by atoms with E-state index in [0.29, 0.717) is 23.9 Å². The Morgan fingerprint density at radius 1 is 1.10 bits per heavy atom. The molecule has 1 heterocycles. The minimum atomic E-state index is -0.260. The Morgan fingerprint density at radius 3 is 2.57 bits per heavy atom. The lowest BCUT2D eigenvalue weighted by Gasteiger charge is -2.18. The van der Waals surface area contributed by atoms with E-state index in [-0.39, 0.29) is 11.9 Å². The van der Waals surface area contributed by atoms with E-state index in [1.165, 1.54) is 17.8 Å². The van der Waals surface area contributed by atoms with Gasteiger partial charge in [-0.2, -0.15) is 0 Å². The second-order valence-electron chi connectivity index (χ2n) is 4.89. The van der Waals surface area contributed by atoms with Crippen molar-refractivity contribution in [1.29, 1.82) is 0 Å². The Labute approximate surface area is 127 Å². The van der Waals surface area contributed by atoms with Crippen molar-refractivity contribution in [2.45, 2.75) is 22.8 Å². The molecule has 0 amide bonds. The SMILES string of the molecule is CC(N)c1ccc(Sc2ccc3c(c2)OCCO3)c(F)c1. The molecule has 0 saturated heterocycles. The molecule has 0 saturated carbocycles. The zero-order valence-electron chi connectivity index (χ0n) is 11.6. The largest absolute Gasteiger partial charge is 0.486 e. The smallest absolute Gasteiger partial charge is 0.162 e. The van der Waals surface area contributed by atoms with Crippen molar-refractivity contribution in [1.82, 2.24) is 0 Å². The lowest BCUT2D eigenvalue weighted by Crippen LogP contribution is -2.15. The summed E-state index contributed by atoms with van der Waals surface area (Å²) in [5.41, 5.74) is 6.55. The second kappa shape index (κ2) is 5.95. The summed E-state index contributed by atoms with van der Waals surface area (Å²) < 4.78 is 25.1. The number of hydrogen-bond acceptors (Lipinski definition) is 4. The van der Waals surface area contributed by atoms with E-state index >= 15 is 0 Å². The molecule has 2 N–H and O–H groups in total. The fourth-order valence-electron chi connectivity index (χ4n) is 2.10. The molecule has 0 radical (unpaired) electrons. The average Bonchev–Trinajstić information content (AvgIpc) is 2.49. The Bertz CT molecular complexity index is 661. The number of rotatable bonds is 3. The van der Waals surface area contributed by atoms with Crippen molar-refractivity contribution >= 4 is 11.8 Å². The zero-order valence-corrected chi connectivity index (χ0v) is 12.5. The molecule has 1 aliphatic rings. The van der Waals surface area contributed by atoms with E-state index in [9.17, 15) is 4.39 Å². The highest BCUT2D eigenvalue weighted by atomic mass is 32.2. The lowest BCUT2D eigenvalue weighted by atomic mass is 10.1. The van der Waals surface area contributed by atoms with Crippen molar-refractivity contribution in [2.75, 3.05) is 13.2 Å². The van der Waals surface area contributed by atoms with Gasteiger partial charge in [0, 0.05) is 15.8 Å². The predicted molar refractivity (Wildman–Crippen MR) is 80.6 cm³/mol. The minimum absolute atomic E-state index is 0.173. The van der Waals surface area contributed by atoms with Crippen LogP contribution in [0.5, 0.6) is 11.5 Å². The van der Waals surface area contributed by atoms with Crippen LogP contribution in [0, 0.1) is 5.82 Å². The molecule has 0 spiro atoms. The molecule has 0 fully saturated rings. The summed E-state index contributed by atoms with van der Waals surface area (Å²) in [7, 11) is 0. The summed E-state index contributed by atoms with van der Waals surface area (Å²) in [5, 5.41) is 0. The molecule has 1 atom stereocenters. The quantitative estimate of drug-likeness (QED) is 0.937. The van der Waals surface area contributed by atoms with Crippen LogP contribution < -0.4 is 15.2 Å². The molecule has 1 unspecified atom stereocenters. The summed E-state index contributed by atoms with van der Waals surface area (Å²) in [6, 6.07) is 10.6.